The number of methoxy groups -OCH3 is 1. The van der Waals surface area contributed by atoms with Gasteiger partial charge in [-0.3, -0.25) is 4.90 Å². The maximum absolute atomic E-state index is 5.24. The van der Waals surface area contributed by atoms with Gasteiger partial charge in [-0.1, -0.05) is 20.8 Å². The number of ether oxygens (including phenoxy) is 2. The van der Waals surface area contributed by atoms with E-state index in [-0.39, 0.29) is 0 Å². The summed E-state index contributed by atoms with van der Waals surface area (Å²) in [6.45, 7) is 14.9. The van der Waals surface area contributed by atoms with Crippen molar-refractivity contribution in [1.29, 1.82) is 0 Å². The summed E-state index contributed by atoms with van der Waals surface area (Å²) in [6.07, 6.45) is 1.12. The highest BCUT2D eigenvalue weighted by Gasteiger charge is 2.10. The van der Waals surface area contributed by atoms with E-state index in [0.29, 0.717) is 0 Å². The van der Waals surface area contributed by atoms with Gasteiger partial charge in [0, 0.05) is 33.4 Å². The molecule has 18 heavy (non-hydrogen) atoms. The number of rotatable bonds is 7. The molecule has 0 unspecified atom stereocenters. The molecule has 0 aromatic rings. The lowest BCUT2D eigenvalue weighted by Crippen LogP contribution is -2.38. The lowest BCUT2D eigenvalue weighted by molar-refractivity contribution is 0.0329. The molecule has 0 spiro atoms. The smallest absolute Gasteiger partial charge is 0.0594 e. The Hall–Kier alpha value is -0.160. The summed E-state index contributed by atoms with van der Waals surface area (Å²) in [5.74, 6) is 0.790. The van der Waals surface area contributed by atoms with Gasteiger partial charge in [0.25, 0.3) is 0 Å². The zero-order valence-corrected chi connectivity index (χ0v) is 12.7. The molecule has 1 N–H and O–H groups in total. The minimum atomic E-state index is 0.790. The van der Waals surface area contributed by atoms with Gasteiger partial charge in [-0.05, 0) is 25.4 Å². The highest BCUT2D eigenvalue weighted by molar-refractivity contribution is 4.62. The van der Waals surface area contributed by atoms with E-state index in [1.165, 1.54) is 6.54 Å². The molecule has 1 saturated heterocycles. The Morgan fingerprint density at radius 1 is 1.28 bits per heavy atom. The van der Waals surface area contributed by atoms with E-state index in [4.69, 9.17) is 9.47 Å². The molecule has 1 rings (SSSR count). The summed E-state index contributed by atoms with van der Waals surface area (Å²) in [4.78, 5) is 2.47. The van der Waals surface area contributed by atoms with Crippen molar-refractivity contribution in [2.75, 3.05) is 59.7 Å². The third kappa shape index (κ3) is 12.3. The van der Waals surface area contributed by atoms with E-state index in [2.05, 4.69) is 31.0 Å². The molecule has 4 nitrogen and oxygen atoms in total. The van der Waals surface area contributed by atoms with Gasteiger partial charge >= 0.3 is 0 Å². The van der Waals surface area contributed by atoms with Crippen LogP contribution in [0.3, 0.4) is 0 Å². The Kier molecular flexibility index (Phi) is 13.2. The van der Waals surface area contributed by atoms with Crippen LogP contribution < -0.4 is 5.32 Å². The first-order valence-corrected chi connectivity index (χ1v) is 7.20. The average molecular weight is 260 g/mol. The fourth-order valence-corrected chi connectivity index (χ4v) is 1.82. The van der Waals surface area contributed by atoms with Gasteiger partial charge in [-0.2, -0.15) is 0 Å². The highest BCUT2D eigenvalue weighted by atomic mass is 16.5. The number of morpholine rings is 1. The van der Waals surface area contributed by atoms with Crippen LogP contribution in [0.5, 0.6) is 0 Å². The number of nitrogens with zero attached hydrogens (tertiary/aromatic N) is 1. The molecule has 0 aliphatic carbocycles. The van der Waals surface area contributed by atoms with E-state index in [9.17, 15) is 0 Å². The van der Waals surface area contributed by atoms with Crippen molar-refractivity contribution in [2.45, 2.75) is 27.2 Å². The fraction of sp³-hybridized carbons (Fsp3) is 1.00. The molecule has 0 atom stereocenters. The number of hydrogen-bond acceptors (Lipinski definition) is 4. The van der Waals surface area contributed by atoms with Crippen LogP contribution in [0.2, 0.25) is 0 Å². The molecule has 1 heterocycles. The molecule has 1 aliphatic rings. The molecule has 0 saturated carbocycles. The van der Waals surface area contributed by atoms with Crippen LogP contribution in [0, 0.1) is 5.92 Å². The fourth-order valence-electron chi connectivity index (χ4n) is 1.82. The Balaban J connectivity index is 0.000000331. The van der Waals surface area contributed by atoms with E-state index in [1.54, 1.807) is 7.11 Å². The lowest BCUT2D eigenvalue weighted by atomic mass is 10.2. The van der Waals surface area contributed by atoms with Gasteiger partial charge in [0.05, 0.1) is 13.2 Å². The summed E-state index contributed by atoms with van der Waals surface area (Å²) < 4.78 is 10.1. The van der Waals surface area contributed by atoms with Crippen molar-refractivity contribution in [3.8, 4) is 0 Å². The largest absolute Gasteiger partial charge is 0.385 e. The van der Waals surface area contributed by atoms with Gasteiger partial charge in [-0.15, -0.1) is 0 Å². The zero-order chi connectivity index (χ0) is 13.6. The van der Waals surface area contributed by atoms with Gasteiger partial charge < -0.3 is 14.8 Å². The van der Waals surface area contributed by atoms with Crippen molar-refractivity contribution < 1.29 is 9.47 Å². The molecule has 0 aromatic heterocycles. The van der Waals surface area contributed by atoms with E-state index in [0.717, 1.165) is 58.3 Å². The van der Waals surface area contributed by atoms with Crippen molar-refractivity contribution in [2.24, 2.45) is 5.92 Å². The predicted octanol–water partition coefficient (Wildman–Crippen LogP) is 1.61. The SMILES string of the molecule is CC(C)CN1CCOCC1.CCNCCCOC. The summed E-state index contributed by atoms with van der Waals surface area (Å²) in [6, 6.07) is 0. The lowest BCUT2D eigenvalue weighted by Gasteiger charge is -2.27. The van der Waals surface area contributed by atoms with Crippen LogP contribution in [-0.4, -0.2) is 64.6 Å². The van der Waals surface area contributed by atoms with Crippen molar-refractivity contribution >= 4 is 0 Å². The van der Waals surface area contributed by atoms with Gasteiger partial charge in [0.15, 0.2) is 0 Å². The van der Waals surface area contributed by atoms with Gasteiger partial charge in [-0.25, -0.2) is 0 Å². The van der Waals surface area contributed by atoms with Gasteiger partial charge in [0.1, 0.15) is 0 Å². The highest BCUT2D eigenvalue weighted by Crippen LogP contribution is 2.01. The van der Waals surface area contributed by atoms with E-state index in [1.807, 2.05) is 0 Å². The molecule has 0 amide bonds. The zero-order valence-electron chi connectivity index (χ0n) is 12.7. The van der Waals surface area contributed by atoms with E-state index >= 15 is 0 Å². The Labute approximate surface area is 113 Å². The molecular weight excluding hydrogens is 228 g/mol. The normalized spacial score (nSPS) is 16.5. The van der Waals surface area contributed by atoms with Crippen molar-refractivity contribution in [1.82, 2.24) is 10.2 Å². The summed E-state index contributed by atoms with van der Waals surface area (Å²) in [5.41, 5.74) is 0. The molecule has 0 bridgehead atoms. The van der Waals surface area contributed by atoms with Crippen LogP contribution in [-0.2, 0) is 9.47 Å². The van der Waals surface area contributed by atoms with Crippen LogP contribution in [0.25, 0.3) is 0 Å². The average Bonchev–Trinajstić information content (AvgIpc) is 2.36. The maximum Gasteiger partial charge on any atom is 0.0594 e. The Morgan fingerprint density at radius 3 is 2.44 bits per heavy atom. The molecule has 1 aliphatic heterocycles. The summed E-state index contributed by atoms with van der Waals surface area (Å²) in [7, 11) is 1.73. The first-order valence-electron chi connectivity index (χ1n) is 7.20. The second kappa shape index (κ2) is 13.3. The van der Waals surface area contributed by atoms with Crippen molar-refractivity contribution in [3.05, 3.63) is 0 Å². The Morgan fingerprint density at radius 2 is 1.94 bits per heavy atom. The van der Waals surface area contributed by atoms with Crippen LogP contribution in [0.4, 0.5) is 0 Å². The van der Waals surface area contributed by atoms with E-state index < -0.39 is 0 Å². The monoisotopic (exact) mass is 260 g/mol. The summed E-state index contributed by atoms with van der Waals surface area (Å²) in [5, 5.41) is 3.20. The maximum atomic E-state index is 5.24. The minimum Gasteiger partial charge on any atom is -0.385 e. The third-order valence-corrected chi connectivity index (χ3v) is 2.68. The first-order chi connectivity index (χ1) is 8.70. The first kappa shape index (κ1) is 17.8. The van der Waals surface area contributed by atoms with Crippen LogP contribution >= 0.6 is 0 Å². The van der Waals surface area contributed by atoms with Crippen LogP contribution in [0.1, 0.15) is 27.2 Å². The number of hydrogen-bond donors (Lipinski definition) is 1. The molecular formula is C14H32N2O2. The second-order valence-corrected chi connectivity index (χ2v) is 5.01. The molecule has 110 valence electrons. The summed E-state index contributed by atoms with van der Waals surface area (Å²) >= 11 is 0. The topological polar surface area (TPSA) is 33.7 Å². The second-order valence-electron chi connectivity index (χ2n) is 5.01. The van der Waals surface area contributed by atoms with Crippen LogP contribution in [0.15, 0.2) is 0 Å². The molecule has 0 aromatic carbocycles. The molecule has 0 radical (unpaired) electrons. The predicted molar refractivity (Wildman–Crippen MR) is 77.1 cm³/mol. The van der Waals surface area contributed by atoms with Gasteiger partial charge in [0.2, 0.25) is 0 Å². The number of nitrogens with one attached hydrogen (secondary N) is 1. The molecule has 1 fully saturated rings. The Bertz CT molecular complexity index is 154. The minimum absolute atomic E-state index is 0.790. The molecule has 4 heteroatoms. The van der Waals surface area contributed by atoms with Crippen molar-refractivity contribution in [3.63, 3.8) is 0 Å². The third-order valence-electron chi connectivity index (χ3n) is 2.68. The quantitative estimate of drug-likeness (QED) is 0.705. The standard InChI is InChI=1S/C8H17NO.C6H15NO/c1-8(2)7-9-3-5-10-6-4-9;1-3-7-5-4-6-8-2/h8H,3-7H2,1-2H3;7H,3-6H2,1-2H3.